The highest BCUT2D eigenvalue weighted by molar-refractivity contribution is 7.20. The van der Waals surface area contributed by atoms with Crippen LogP contribution >= 0.6 is 11.3 Å². The third-order valence-electron chi connectivity index (χ3n) is 6.35. The van der Waals surface area contributed by atoms with Gasteiger partial charge in [0.1, 0.15) is 10.6 Å². The molecule has 0 unspecified atom stereocenters. The quantitative estimate of drug-likeness (QED) is 0.416. The third-order valence-corrected chi connectivity index (χ3v) is 7.45. The van der Waals surface area contributed by atoms with E-state index in [1.807, 2.05) is 25.1 Å². The fraction of sp³-hybridized carbons (Fsp3) is 0.200. The molecular weight excluding hydrogens is 467 g/mol. The summed E-state index contributed by atoms with van der Waals surface area (Å²) >= 11 is 1.38. The summed E-state index contributed by atoms with van der Waals surface area (Å²) in [6.45, 7) is 3.77. The Morgan fingerprint density at radius 2 is 1.69 bits per heavy atom. The molecule has 5 aromatic rings. The minimum absolute atomic E-state index is 0.0505. The number of hydrogen-bond donors (Lipinski definition) is 1. The summed E-state index contributed by atoms with van der Waals surface area (Å²) < 4.78 is 15.1. The molecule has 1 fully saturated rings. The average molecular weight is 489 g/mol. The molecule has 6 rings (SSSR count). The summed E-state index contributed by atoms with van der Waals surface area (Å²) in [7, 11) is 0. The van der Waals surface area contributed by atoms with Gasteiger partial charge in [-0.25, -0.2) is 14.1 Å². The zero-order valence-electron chi connectivity index (χ0n) is 18.9. The smallest absolute Gasteiger partial charge is 0.264 e. The number of rotatable bonds is 3. The van der Waals surface area contributed by atoms with Crippen LogP contribution in [-0.2, 0) is 0 Å². The number of halogens is 1. The molecule has 35 heavy (non-hydrogen) atoms. The Hall–Kier alpha value is -4.05. The maximum Gasteiger partial charge on any atom is 0.264 e. The van der Waals surface area contributed by atoms with Crippen LogP contribution in [0.15, 0.2) is 54.9 Å². The molecule has 0 aliphatic carbocycles. The van der Waals surface area contributed by atoms with Crippen molar-refractivity contribution in [3.63, 3.8) is 0 Å². The lowest BCUT2D eigenvalue weighted by molar-refractivity contribution is 0.0538. The number of carbonyl (C=O) groups excluding carboxylic acids is 2. The van der Waals surface area contributed by atoms with Gasteiger partial charge in [-0.05, 0) is 55.5 Å². The number of thiophene rings is 1. The molecule has 10 heteroatoms. The summed E-state index contributed by atoms with van der Waals surface area (Å²) in [6.07, 6.45) is 1.61. The van der Waals surface area contributed by atoms with Crippen LogP contribution in [0.2, 0.25) is 0 Å². The van der Waals surface area contributed by atoms with Gasteiger partial charge in [-0.2, -0.15) is 5.10 Å². The van der Waals surface area contributed by atoms with E-state index in [1.54, 1.807) is 39.0 Å². The van der Waals surface area contributed by atoms with Crippen molar-refractivity contribution in [3.8, 4) is 5.69 Å². The predicted octanol–water partition coefficient (Wildman–Crippen LogP) is 4.01. The zero-order chi connectivity index (χ0) is 24.1. The van der Waals surface area contributed by atoms with Crippen LogP contribution in [0.25, 0.3) is 26.9 Å². The van der Waals surface area contributed by atoms with E-state index in [4.69, 9.17) is 0 Å². The summed E-state index contributed by atoms with van der Waals surface area (Å²) in [5.41, 5.74) is 3.80. The van der Waals surface area contributed by atoms with Crippen molar-refractivity contribution in [1.82, 2.24) is 29.5 Å². The highest BCUT2D eigenvalue weighted by atomic mass is 32.1. The van der Waals surface area contributed by atoms with Gasteiger partial charge in [0.25, 0.3) is 11.8 Å². The molecule has 0 bridgehead atoms. The number of hydrogen-bond acceptors (Lipinski definition) is 5. The molecule has 1 aliphatic rings. The Labute approximate surface area is 203 Å². The van der Waals surface area contributed by atoms with Gasteiger partial charge in [-0.3, -0.25) is 9.59 Å². The van der Waals surface area contributed by atoms with Gasteiger partial charge in [-0.15, -0.1) is 11.3 Å². The number of imidazole rings is 1. The second-order valence-electron chi connectivity index (χ2n) is 8.52. The first-order valence-electron chi connectivity index (χ1n) is 11.2. The molecule has 2 aromatic carbocycles. The number of piperazine rings is 1. The van der Waals surface area contributed by atoms with Gasteiger partial charge in [0, 0.05) is 37.1 Å². The van der Waals surface area contributed by atoms with E-state index < -0.39 is 0 Å². The van der Waals surface area contributed by atoms with Crippen LogP contribution in [0.4, 0.5) is 4.39 Å². The molecule has 8 nitrogen and oxygen atoms in total. The molecular formula is C25H21FN6O2S. The molecule has 4 heterocycles. The minimum Gasteiger partial charge on any atom is -0.345 e. The standard InChI is InChI=1S/C25H21FN6O2S/c1-15-19-13-22(35-25(19)32(29-15)18-5-3-17(26)4-6-18)24(34)31-10-8-30(9-11-31)23(33)16-2-7-20-21(12-16)28-14-27-20/h2-7,12-14H,8-11H2,1H3,(H,27,28). The average Bonchev–Trinajstić information content (AvgIpc) is 3.60. The topological polar surface area (TPSA) is 87.1 Å². The van der Waals surface area contributed by atoms with Gasteiger partial charge >= 0.3 is 0 Å². The van der Waals surface area contributed by atoms with E-state index in [2.05, 4.69) is 15.1 Å². The first-order chi connectivity index (χ1) is 17.0. The second kappa shape index (κ2) is 8.31. The number of aromatic amines is 1. The summed E-state index contributed by atoms with van der Waals surface area (Å²) in [5, 5.41) is 5.47. The highest BCUT2D eigenvalue weighted by Gasteiger charge is 2.27. The van der Waals surface area contributed by atoms with Gasteiger partial charge < -0.3 is 14.8 Å². The van der Waals surface area contributed by atoms with Crippen LogP contribution in [-0.4, -0.2) is 67.5 Å². The first kappa shape index (κ1) is 21.5. The number of fused-ring (bicyclic) bond motifs is 2. The van der Waals surface area contributed by atoms with E-state index >= 15 is 0 Å². The maximum absolute atomic E-state index is 13.4. The van der Waals surface area contributed by atoms with Crippen molar-refractivity contribution >= 4 is 44.4 Å². The van der Waals surface area contributed by atoms with E-state index in [9.17, 15) is 14.0 Å². The van der Waals surface area contributed by atoms with E-state index in [-0.39, 0.29) is 17.6 Å². The number of benzene rings is 2. The molecule has 1 aliphatic heterocycles. The number of H-pyrrole nitrogens is 1. The van der Waals surface area contributed by atoms with Gasteiger partial charge in [0.2, 0.25) is 0 Å². The summed E-state index contributed by atoms with van der Waals surface area (Å²) in [6, 6.07) is 13.4. The van der Waals surface area contributed by atoms with Crippen molar-refractivity contribution in [3.05, 3.63) is 76.8 Å². The lowest BCUT2D eigenvalue weighted by atomic mass is 10.1. The van der Waals surface area contributed by atoms with Crippen molar-refractivity contribution in [1.29, 1.82) is 0 Å². The van der Waals surface area contributed by atoms with Crippen LogP contribution in [0.3, 0.4) is 0 Å². The minimum atomic E-state index is -0.310. The number of aromatic nitrogens is 4. The lowest BCUT2D eigenvalue weighted by Gasteiger charge is -2.34. The number of nitrogens with zero attached hydrogens (tertiary/aromatic N) is 5. The molecule has 176 valence electrons. The molecule has 0 atom stereocenters. The van der Waals surface area contributed by atoms with Crippen LogP contribution < -0.4 is 0 Å². The van der Waals surface area contributed by atoms with Gasteiger partial charge in [-0.1, -0.05) is 0 Å². The Balaban J connectivity index is 1.18. The maximum atomic E-state index is 13.4. The van der Waals surface area contributed by atoms with E-state index in [1.165, 1.54) is 23.5 Å². The van der Waals surface area contributed by atoms with Gasteiger partial charge in [0.05, 0.1) is 33.6 Å². The molecule has 0 saturated carbocycles. The molecule has 2 amide bonds. The molecule has 3 aromatic heterocycles. The molecule has 1 saturated heterocycles. The fourth-order valence-electron chi connectivity index (χ4n) is 4.43. The Kier molecular flexibility index (Phi) is 5.10. The van der Waals surface area contributed by atoms with Crippen LogP contribution in [0, 0.1) is 12.7 Å². The second-order valence-corrected chi connectivity index (χ2v) is 9.55. The fourth-order valence-corrected chi connectivity index (χ4v) is 5.58. The van der Waals surface area contributed by atoms with Crippen molar-refractivity contribution < 1.29 is 14.0 Å². The Morgan fingerprint density at radius 1 is 0.971 bits per heavy atom. The molecule has 0 radical (unpaired) electrons. The van der Waals surface area contributed by atoms with Crippen molar-refractivity contribution in [2.24, 2.45) is 0 Å². The molecule has 0 spiro atoms. The largest absolute Gasteiger partial charge is 0.345 e. The predicted molar refractivity (Wildman–Crippen MR) is 132 cm³/mol. The number of amides is 2. The first-order valence-corrected chi connectivity index (χ1v) is 12.1. The summed E-state index contributed by atoms with van der Waals surface area (Å²) in [5.74, 6) is -0.414. The molecule has 1 N–H and O–H groups in total. The number of nitrogens with one attached hydrogen (secondary N) is 1. The summed E-state index contributed by atoms with van der Waals surface area (Å²) in [4.78, 5) is 38.5. The Morgan fingerprint density at radius 3 is 2.43 bits per heavy atom. The van der Waals surface area contributed by atoms with E-state index in [0.717, 1.165) is 32.6 Å². The SMILES string of the molecule is Cc1nn(-c2ccc(F)cc2)c2sc(C(=O)N3CCN(C(=O)c4ccc5nc[nH]c5c4)CC3)cc12. The number of aryl methyl sites for hydroxylation is 1. The van der Waals surface area contributed by atoms with Crippen molar-refractivity contribution in [2.75, 3.05) is 26.2 Å². The van der Waals surface area contributed by atoms with Crippen LogP contribution in [0.1, 0.15) is 25.7 Å². The van der Waals surface area contributed by atoms with Crippen LogP contribution in [0.5, 0.6) is 0 Å². The van der Waals surface area contributed by atoms with Crippen molar-refractivity contribution in [2.45, 2.75) is 6.92 Å². The number of carbonyl (C=O) groups is 2. The normalized spacial score (nSPS) is 14.2. The van der Waals surface area contributed by atoms with E-state index in [0.29, 0.717) is 36.6 Å². The highest BCUT2D eigenvalue weighted by Crippen LogP contribution is 2.31. The monoisotopic (exact) mass is 488 g/mol. The third kappa shape index (κ3) is 3.75. The lowest BCUT2D eigenvalue weighted by Crippen LogP contribution is -2.50. The Bertz CT molecular complexity index is 1580. The zero-order valence-corrected chi connectivity index (χ0v) is 19.7. The van der Waals surface area contributed by atoms with Gasteiger partial charge in [0.15, 0.2) is 0 Å².